The molecule has 128 valence electrons. The van der Waals surface area contributed by atoms with Crippen molar-refractivity contribution < 1.29 is 29.2 Å². The zero-order chi connectivity index (χ0) is 16.7. The lowest BCUT2D eigenvalue weighted by molar-refractivity contribution is -0.250. The number of rotatable bonds is 5. The molecule has 0 bridgehead atoms. The fourth-order valence-electron chi connectivity index (χ4n) is 3.20. The Labute approximate surface area is 135 Å². The molecule has 0 aliphatic carbocycles. The second-order valence-corrected chi connectivity index (χ2v) is 6.69. The van der Waals surface area contributed by atoms with Crippen LogP contribution in [0.4, 0.5) is 0 Å². The van der Waals surface area contributed by atoms with Gasteiger partial charge >= 0.3 is 0 Å². The minimum atomic E-state index is -1.07. The van der Waals surface area contributed by atoms with Crippen LogP contribution in [0.25, 0.3) is 0 Å². The first kappa shape index (κ1) is 16.8. The summed E-state index contributed by atoms with van der Waals surface area (Å²) in [6.07, 6.45) is -2.91. The summed E-state index contributed by atoms with van der Waals surface area (Å²) in [5.74, 6) is -0.776. The van der Waals surface area contributed by atoms with Gasteiger partial charge in [0.2, 0.25) is 0 Å². The molecule has 1 aromatic carbocycles. The number of aliphatic hydroxyl groups is 2. The number of hydrogen-bond acceptors (Lipinski definition) is 6. The number of benzene rings is 1. The summed E-state index contributed by atoms with van der Waals surface area (Å²) in [6.45, 7) is 5.38. The Morgan fingerprint density at radius 3 is 2.52 bits per heavy atom. The van der Waals surface area contributed by atoms with Crippen molar-refractivity contribution in [1.29, 1.82) is 0 Å². The Morgan fingerprint density at radius 1 is 1.17 bits per heavy atom. The normalized spacial score (nSPS) is 36.8. The quantitative estimate of drug-likeness (QED) is 0.847. The van der Waals surface area contributed by atoms with Crippen LogP contribution >= 0.6 is 0 Å². The van der Waals surface area contributed by atoms with Gasteiger partial charge in [-0.15, -0.1) is 0 Å². The van der Waals surface area contributed by atoms with Gasteiger partial charge in [-0.3, -0.25) is 0 Å². The topological polar surface area (TPSA) is 77.4 Å². The van der Waals surface area contributed by atoms with E-state index in [4.69, 9.17) is 18.9 Å². The van der Waals surface area contributed by atoms with Crippen molar-refractivity contribution >= 4 is 0 Å². The molecular formula is C17H24O6. The van der Waals surface area contributed by atoms with E-state index in [1.807, 2.05) is 51.1 Å². The first-order chi connectivity index (χ1) is 10.9. The molecule has 0 radical (unpaired) electrons. The maximum Gasteiger partial charge on any atom is 0.190 e. The third-order valence-electron chi connectivity index (χ3n) is 4.40. The number of fused-ring (bicyclic) bond motifs is 1. The average Bonchev–Trinajstić information content (AvgIpc) is 2.98. The van der Waals surface area contributed by atoms with E-state index >= 15 is 0 Å². The molecule has 0 unspecified atom stereocenters. The molecule has 0 spiro atoms. The molecule has 23 heavy (non-hydrogen) atoms. The van der Waals surface area contributed by atoms with E-state index in [9.17, 15) is 10.2 Å². The van der Waals surface area contributed by atoms with Gasteiger partial charge < -0.3 is 29.2 Å². The standard InChI is InChI=1S/C17H24O6/c1-16(2)22-14-15(23-16)21-13(12(19)9-18)17(14,3)20-10-11-7-5-4-6-8-11/h4-8,12-15,18-19H,9-10H2,1-3H3/t12-,13-,14+,15-,17-/m1/s1. The lowest BCUT2D eigenvalue weighted by Crippen LogP contribution is -2.53. The third-order valence-corrected chi connectivity index (χ3v) is 4.40. The third kappa shape index (κ3) is 3.15. The predicted octanol–water partition coefficient (Wildman–Crippen LogP) is 1.19. The monoisotopic (exact) mass is 324 g/mol. The van der Waals surface area contributed by atoms with E-state index in [0.717, 1.165) is 5.56 Å². The summed E-state index contributed by atoms with van der Waals surface area (Å²) in [5, 5.41) is 19.4. The number of hydrogen-bond donors (Lipinski definition) is 2. The predicted molar refractivity (Wildman–Crippen MR) is 81.4 cm³/mol. The zero-order valence-electron chi connectivity index (χ0n) is 13.6. The molecule has 6 nitrogen and oxygen atoms in total. The molecule has 0 amide bonds. The minimum absolute atomic E-state index is 0.350. The van der Waals surface area contributed by atoms with Gasteiger partial charge in [0.25, 0.3) is 0 Å². The molecule has 3 rings (SSSR count). The molecule has 2 aliphatic heterocycles. The van der Waals surface area contributed by atoms with Crippen LogP contribution in [0, 0.1) is 0 Å². The van der Waals surface area contributed by atoms with E-state index in [2.05, 4.69) is 0 Å². The van der Waals surface area contributed by atoms with E-state index in [0.29, 0.717) is 6.61 Å². The van der Waals surface area contributed by atoms with Gasteiger partial charge in [-0.05, 0) is 26.3 Å². The lowest BCUT2D eigenvalue weighted by Gasteiger charge is -2.36. The maximum absolute atomic E-state index is 10.1. The zero-order valence-corrected chi connectivity index (χ0v) is 13.6. The molecule has 5 atom stereocenters. The van der Waals surface area contributed by atoms with Crippen LogP contribution in [0.5, 0.6) is 0 Å². The van der Waals surface area contributed by atoms with Crippen LogP contribution in [-0.4, -0.2) is 52.8 Å². The van der Waals surface area contributed by atoms with E-state index in [-0.39, 0.29) is 0 Å². The van der Waals surface area contributed by atoms with Gasteiger partial charge in [-0.2, -0.15) is 0 Å². The smallest absolute Gasteiger partial charge is 0.190 e. The minimum Gasteiger partial charge on any atom is -0.394 e. The molecule has 2 aliphatic rings. The molecule has 6 heteroatoms. The summed E-state index contributed by atoms with van der Waals surface area (Å²) < 4.78 is 23.6. The molecular weight excluding hydrogens is 300 g/mol. The first-order valence-corrected chi connectivity index (χ1v) is 7.83. The number of aliphatic hydroxyl groups excluding tert-OH is 2. The molecule has 2 fully saturated rings. The Kier molecular flexibility index (Phi) is 4.48. The van der Waals surface area contributed by atoms with E-state index in [1.54, 1.807) is 0 Å². The highest BCUT2D eigenvalue weighted by molar-refractivity contribution is 5.14. The fraction of sp³-hybridized carbons (Fsp3) is 0.647. The lowest BCUT2D eigenvalue weighted by atomic mass is 9.91. The van der Waals surface area contributed by atoms with Gasteiger partial charge in [0, 0.05) is 0 Å². The summed E-state index contributed by atoms with van der Waals surface area (Å²) in [7, 11) is 0. The van der Waals surface area contributed by atoms with Crippen LogP contribution in [0.1, 0.15) is 26.3 Å². The molecule has 0 aromatic heterocycles. The van der Waals surface area contributed by atoms with Crippen LogP contribution in [0.3, 0.4) is 0 Å². The van der Waals surface area contributed by atoms with Crippen molar-refractivity contribution in [3.8, 4) is 0 Å². The molecule has 2 saturated heterocycles. The van der Waals surface area contributed by atoms with Crippen LogP contribution in [-0.2, 0) is 25.6 Å². The summed E-state index contributed by atoms with van der Waals surface area (Å²) in [6, 6.07) is 9.74. The highest BCUT2D eigenvalue weighted by Crippen LogP contribution is 2.46. The van der Waals surface area contributed by atoms with Crippen molar-refractivity contribution in [1.82, 2.24) is 0 Å². The Morgan fingerprint density at radius 2 is 1.87 bits per heavy atom. The Balaban J connectivity index is 1.81. The average molecular weight is 324 g/mol. The Bertz CT molecular complexity index is 533. The largest absolute Gasteiger partial charge is 0.394 e. The molecule has 1 aromatic rings. The van der Waals surface area contributed by atoms with Crippen LogP contribution in [0.15, 0.2) is 30.3 Å². The van der Waals surface area contributed by atoms with Crippen molar-refractivity contribution in [2.45, 2.75) is 63.4 Å². The highest BCUT2D eigenvalue weighted by Gasteiger charge is 2.63. The van der Waals surface area contributed by atoms with Crippen molar-refractivity contribution in [2.24, 2.45) is 0 Å². The van der Waals surface area contributed by atoms with Gasteiger partial charge in [-0.1, -0.05) is 30.3 Å². The van der Waals surface area contributed by atoms with Gasteiger partial charge in [0.05, 0.1) is 13.2 Å². The second-order valence-electron chi connectivity index (χ2n) is 6.69. The van der Waals surface area contributed by atoms with Crippen molar-refractivity contribution in [2.75, 3.05) is 6.61 Å². The summed E-state index contributed by atoms with van der Waals surface area (Å²) in [5.41, 5.74) is 0.0729. The van der Waals surface area contributed by atoms with Crippen LogP contribution < -0.4 is 0 Å². The van der Waals surface area contributed by atoms with E-state index < -0.39 is 42.6 Å². The van der Waals surface area contributed by atoms with Crippen LogP contribution in [0.2, 0.25) is 0 Å². The van der Waals surface area contributed by atoms with Gasteiger partial charge in [-0.25, -0.2) is 0 Å². The SMILES string of the molecule is CC1(C)O[C@H]2O[C@H]([C@H](O)CO)[C@@](C)(OCc3ccccc3)[C@H]2O1. The highest BCUT2D eigenvalue weighted by atomic mass is 16.8. The fourth-order valence-corrected chi connectivity index (χ4v) is 3.20. The molecule has 0 saturated carbocycles. The Hall–Kier alpha value is -1.02. The summed E-state index contributed by atoms with van der Waals surface area (Å²) >= 11 is 0. The van der Waals surface area contributed by atoms with Gasteiger partial charge in [0.1, 0.15) is 23.9 Å². The van der Waals surface area contributed by atoms with Gasteiger partial charge in [0.15, 0.2) is 12.1 Å². The second kappa shape index (κ2) is 6.12. The molecule has 2 heterocycles. The summed E-state index contributed by atoms with van der Waals surface area (Å²) in [4.78, 5) is 0. The maximum atomic E-state index is 10.1. The van der Waals surface area contributed by atoms with Crippen molar-refractivity contribution in [3.05, 3.63) is 35.9 Å². The first-order valence-electron chi connectivity index (χ1n) is 7.83. The molecule has 2 N–H and O–H groups in total. The van der Waals surface area contributed by atoms with Crippen molar-refractivity contribution in [3.63, 3.8) is 0 Å². The van der Waals surface area contributed by atoms with E-state index in [1.165, 1.54) is 0 Å². The number of ether oxygens (including phenoxy) is 4.